The molecule has 0 spiro atoms. The smallest absolute Gasteiger partial charge is 0.261 e. The van der Waals surface area contributed by atoms with Gasteiger partial charge in [0.25, 0.3) is 5.91 Å². The zero-order chi connectivity index (χ0) is 23.9. The number of likely N-dealkylation sites (tertiary alicyclic amines) is 1. The van der Waals surface area contributed by atoms with Crippen molar-refractivity contribution in [1.29, 1.82) is 0 Å². The fourth-order valence-corrected chi connectivity index (χ4v) is 6.86. The average Bonchev–Trinajstić information content (AvgIpc) is 3.59. The summed E-state index contributed by atoms with van der Waals surface area (Å²) in [5.41, 5.74) is 2.75. The van der Waals surface area contributed by atoms with Crippen LogP contribution in [0.5, 0.6) is 0 Å². The Morgan fingerprint density at radius 2 is 1.62 bits per heavy atom. The molecule has 2 bridgehead atoms. The Morgan fingerprint density at radius 1 is 0.971 bits per heavy atom. The molecule has 6 atom stereocenters. The second-order valence-electron chi connectivity index (χ2n) is 10.0. The Hall–Kier alpha value is -2.63. The summed E-state index contributed by atoms with van der Waals surface area (Å²) in [6.45, 7) is 3.71. The van der Waals surface area contributed by atoms with Gasteiger partial charge < -0.3 is 0 Å². The molecule has 3 fully saturated rings. The molecule has 1 heterocycles. The second-order valence-corrected chi connectivity index (χ2v) is 10.9. The number of halogens is 2. The number of anilines is 1. The van der Waals surface area contributed by atoms with Crippen molar-refractivity contribution in [2.75, 3.05) is 11.6 Å². The van der Waals surface area contributed by atoms with Gasteiger partial charge in [0.2, 0.25) is 11.8 Å². The lowest BCUT2D eigenvalue weighted by molar-refractivity contribution is -0.140. The molecule has 174 valence electrons. The van der Waals surface area contributed by atoms with Crippen molar-refractivity contribution in [3.63, 3.8) is 0 Å². The Labute approximate surface area is 208 Å². The van der Waals surface area contributed by atoms with Gasteiger partial charge in [-0.1, -0.05) is 47.5 Å². The zero-order valence-corrected chi connectivity index (χ0v) is 20.4. The molecule has 6 unspecified atom stereocenters. The summed E-state index contributed by atoms with van der Waals surface area (Å²) in [5.74, 6) is 0.0100. The van der Waals surface area contributed by atoms with Crippen LogP contribution in [0.2, 0.25) is 10.0 Å². The van der Waals surface area contributed by atoms with Gasteiger partial charge in [-0.25, -0.2) is 0 Å². The first-order valence-corrected chi connectivity index (χ1v) is 12.4. The van der Waals surface area contributed by atoms with E-state index in [1.165, 1.54) is 15.9 Å². The van der Waals surface area contributed by atoms with Crippen LogP contribution in [0.25, 0.3) is 0 Å². The van der Waals surface area contributed by atoms with Gasteiger partial charge in [0.05, 0.1) is 22.4 Å². The SMILES string of the molecule is Cc1ccc(C)c(N(CN2C(=O)C3C4C=CC(C5CC45)C3C2=O)C(=O)c2ccc(Cl)cc2Cl)c1. The van der Waals surface area contributed by atoms with Gasteiger partial charge in [-0.15, -0.1) is 0 Å². The van der Waals surface area contributed by atoms with Crippen molar-refractivity contribution in [3.05, 3.63) is 75.3 Å². The molecule has 2 aromatic carbocycles. The van der Waals surface area contributed by atoms with Gasteiger partial charge in [0.1, 0.15) is 6.67 Å². The Morgan fingerprint density at radius 3 is 2.24 bits per heavy atom. The number of nitrogens with zero attached hydrogens (tertiary/aromatic N) is 2. The maximum absolute atomic E-state index is 13.8. The molecule has 3 amide bonds. The number of hydrogen-bond acceptors (Lipinski definition) is 3. The van der Waals surface area contributed by atoms with E-state index in [0.717, 1.165) is 17.5 Å². The maximum atomic E-state index is 13.8. The summed E-state index contributed by atoms with van der Waals surface area (Å²) in [6.07, 6.45) is 5.41. The number of imide groups is 1. The average molecular weight is 495 g/mol. The third-order valence-corrected chi connectivity index (χ3v) is 8.65. The van der Waals surface area contributed by atoms with Crippen molar-refractivity contribution in [1.82, 2.24) is 4.90 Å². The quantitative estimate of drug-likeness (QED) is 0.429. The van der Waals surface area contributed by atoms with E-state index in [2.05, 4.69) is 12.2 Å². The molecular formula is C27H24Cl2N2O3. The fourth-order valence-electron chi connectivity index (χ4n) is 6.37. The molecule has 2 aromatic rings. The maximum Gasteiger partial charge on any atom is 0.261 e. The van der Waals surface area contributed by atoms with Crippen LogP contribution in [0.3, 0.4) is 0 Å². The number of allylic oxidation sites excluding steroid dienone is 2. The Balaban J connectivity index is 1.38. The number of carbonyl (C=O) groups excluding carboxylic acids is 3. The van der Waals surface area contributed by atoms with E-state index < -0.39 is 0 Å². The molecular weight excluding hydrogens is 471 g/mol. The van der Waals surface area contributed by atoms with Crippen molar-refractivity contribution < 1.29 is 14.4 Å². The van der Waals surface area contributed by atoms with E-state index in [0.29, 0.717) is 22.5 Å². The Kier molecular flexibility index (Phi) is 4.95. The van der Waals surface area contributed by atoms with Crippen molar-refractivity contribution in [2.45, 2.75) is 20.3 Å². The zero-order valence-electron chi connectivity index (χ0n) is 18.9. The summed E-state index contributed by atoms with van der Waals surface area (Å²) in [4.78, 5) is 43.8. The summed E-state index contributed by atoms with van der Waals surface area (Å²) < 4.78 is 0. The topological polar surface area (TPSA) is 57.7 Å². The van der Waals surface area contributed by atoms with Crippen LogP contribution in [0, 0.1) is 49.4 Å². The van der Waals surface area contributed by atoms with Crippen molar-refractivity contribution in [2.24, 2.45) is 35.5 Å². The number of aryl methyl sites for hydroxylation is 2. The third kappa shape index (κ3) is 3.17. The highest BCUT2D eigenvalue weighted by molar-refractivity contribution is 6.37. The first kappa shape index (κ1) is 21.9. The van der Waals surface area contributed by atoms with E-state index in [9.17, 15) is 14.4 Å². The normalized spacial score (nSPS) is 30.4. The highest BCUT2D eigenvalue weighted by Gasteiger charge is 2.67. The molecule has 0 N–H and O–H groups in total. The largest absolute Gasteiger partial charge is 0.289 e. The molecule has 0 aromatic heterocycles. The molecule has 34 heavy (non-hydrogen) atoms. The second kappa shape index (κ2) is 7.69. The molecule has 7 heteroatoms. The molecule has 1 saturated heterocycles. The van der Waals surface area contributed by atoms with Crippen LogP contribution >= 0.6 is 23.2 Å². The number of benzene rings is 2. The molecule has 0 radical (unpaired) electrons. The molecule has 2 saturated carbocycles. The van der Waals surface area contributed by atoms with E-state index in [1.807, 2.05) is 32.0 Å². The third-order valence-electron chi connectivity index (χ3n) is 8.10. The first-order valence-electron chi connectivity index (χ1n) is 11.6. The summed E-state index contributed by atoms with van der Waals surface area (Å²) in [5, 5.41) is 0.651. The number of carbonyl (C=O) groups is 3. The van der Waals surface area contributed by atoms with Crippen LogP contribution in [0.15, 0.2) is 48.6 Å². The van der Waals surface area contributed by atoms with Crippen LogP contribution < -0.4 is 4.90 Å². The number of hydrogen-bond donors (Lipinski definition) is 0. The van der Waals surface area contributed by atoms with Crippen LogP contribution in [-0.4, -0.2) is 29.3 Å². The molecule has 5 nitrogen and oxygen atoms in total. The lowest BCUT2D eigenvalue weighted by atomic mass is 9.63. The molecule has 1 aliphatic heterocycles. The predicted molar refractivity (Wildman–Crippen MR) is 131 cm³/mol. The standard InChI is InChI=1S/C27H24Cl2N2O3/c1-13-3-4-14(2)22(9-13)30(25(32)18-6-5-15(28)10-21(18)29)12-31-26(33)23-16-7-8-17(20-11-19(16)20)24(23)27(31)34/h3-10,16-17,19-20,23-24H,11-12H2,1-2H3. The molecule has 7 rings (SSSR count). The van der Waals surface area contributed by atoms with Crippen LogP contribution in [-0.2, 0) is 9.59 Å². The minimum Gasteiger partial charge on any atom is -0.289 e. The highest BCUT2D eigenvalue weighted by Crippen LogP contribution is 2.65. The minimum absolute atomic E-state index is 0.136. The van der Waals surface area contributed by atoms with Crippen molar-refractivity contribution >= 4 is 46.6 Å². The first-order chi connectivity index (χ1) is 16.3. The van der Waals surface area contributed by atoms with Crippen LogP contribution in [0.1, 0.15) is 27.9 Å². The minimum atomic E-state index is -0.380. The van der Waals surface area contributed by atoms with Gasteiger partial charge >= 0.3 is 0 Å². The Bertz CT molecular complexity index is 1250. The van der Waals surface area contributed by atoms with Gasteiger partial charge in [-0.3, -0.25) is 24.2 Å². The van der Waals surface area contributed by atoms with Gasteiger partial charge in [0, 0.05) is 10.7 Å². The van der Waals surface area contributed by atoms with Gasteiger partial charge in [-0.05, 0) is 79.3 Å². The fraction of sp³-hybridized carbons (Fsp3) is 0.370. The van der Waals surface area contributed by atoms with Gasteiger partial charge in [0.15, 0.2) is 0 Å². The lowest BCUT2D eigenvalue weighted by Gasteiger charge is -2.37. The van der Waals surface area contributed by atoms with E-state index in [4.69, 9.17) is 23.2 Å². The monoisotopic (exact) mass is 494 g/mol. The van der Waals surface area contributed by atoms with Crippen LogP contribution in [0.4, 0.5) is 5.69 Å². The summed E-state index contributed by atoms with van der Waals surface area (Å²) in [7, 11) is 0. The predicted octanol–water partition coefficient (Wildman–Crippen LogP) is 5.27. The molecule has 4 aliphatic carbocycles. The van der Waals surface area contributed by atoms with Crippen molar-refractivity contribution in [3.8, 4) is 0 Å². The van der Waals surface area contributed by atoms with Gasteiger partial charge in [-0.2, -0.15) is 0 Å². The number of amides is 3. The molecule has 5 aliphatic rings. The lowest BCUT2D eigenvalue weighted by Crippen LogP contribution is -2.45. The van der Waals surface area contributed by atoms with E-state index in [1.54, 1.807) is 12.1 Å². The van der Waals surface area contributed by atoms with E-state index >= 15 is 0 Å². The summed E-state index contributed by atoms with van der Waals surface area (Å²) in [6, 6.07) is 10.5. The highest BCUT2D eigenvalue weighted by atomic mass is 35.5. The van der Waals surface area contributed by atoms with E-state index in [-0.39, 0.29) is 58.6 Å². The summed E-state index contributed by atoms with van der Waals surface area (Å²) >= 11 is 12.4. The number of rotatable bonds is 4.